The number of nitrogens with zero attached hydrogens (tertiary/aromatic N) is 2. The van der Waals surface area contributed by atoms with Gasteiger partial charge in [0.2, 0.25) is 0 Å². The van der Waals surface area contributed by atoms with Crippen LogP contribution in [0.2, 0.25) is 5.02 Å². The van der Waals surface area contributed by atoms with Gasteiger partial charge in [0, 0.05) is 5.56 Å². The maximum atomic E-state index is 12.9. The predicted octanol–water partition coefficient (Wildman–Crippen LogP) is 4.01. The second-order valence-electron chi connectivity index (χ2n) is 4.51. The molecule has 1 N–H and O–H groups in total. The third-order valence-corrected chi connectivity index (χ3v) is 4.22. The van der Waals surface area contributed by atoms with E-state index in [4.69, 9.17) is 16.9 Å². The molecule has 120 valence electrons. The zero-order chi connectivity index (χ0) is 17.4. The smallest absolute Gasteiger partial charge is 0.300 e. The molecule has 23 heavy (non-hydrogen) atoms. The number of alkyl halides is 3. The summed E-state index contributed by atoms with van der Waals surface area (Å²) in [6, 6.07) is 3.69. The summed E-state index contributed by atoms with van der Waals surface area (Å²) in [6.45, 7) is 1.23. The number of hydrogen-bond acceptors (Lipinski definition) is 4. The lowest BCUT2D eigenvalue weighted by Crippen LogP contribution is -2.15. The van der Waals surface area contributed by atoms with Crippen molar-refractivity contribution in [3.8, 4) is 17.3 Å². The van der Waals surface area contributed by atoms with Crippen molar-refractivity contribution in [2.45, 2.75) is 18.3 Å². The van der Waals surface area contributed by atoms with Gasteiger partial charge in [-0.05, 0) is 24.8 Å². The molecule has 1 aromatic carbocycles. The molecule has 1 heterocycles. The van der Waals surface area contributed by atoms with E-state index in [1.165, 1.54) is 6.92 Å². The van der Waals surface area contributed by atoms with Crippen LogP contribution < -0.4 is 5.56 Å². The Morgan fingerprint density at radius 3 is 2.57 bits per heavy atom. The van der Waals surface area contributed by atoms with Gasteiger partial charge in [-0.15, -0.1) is 0 Å². The molecule has 0 fully saturated rings. The zero-order valence-electron chi connectivity index (χ0n) is 11.9. The molecule has 2 aromatic rings. The molecule has 0 atom stereocenters. The molecular formula is C14H9ClF3N3OS. The van der Waals surface area contributed by atoms with Gasteiger partial charge in [-0.3, -0.25) is 4.79 Å². The van der Waals surface area contributed by atoms with E-state index in [2.05, 4.69) is 9.97 Å². The van der Waals surface area contributed by atoms with Gasteiger partial charge in [-0.1, -0.05) is 29.4 Å². The molecule has 2 rings (SSSR count). The number of H-pyrrole nitrogens is 1. The van der Waals surface area contributed by atoms with Crippen molar-refractivity contribution in [2.75, 3.05) is 6.26 Å². The van der Waals surface area contributed by atoms with Crippen LogP contribution in [0, 0.1) is 18.3 Å². The zero-order valence-corrected chi connectivity index (χ0v) is 13.4. The summed E-state index contributed by atoms with van der Waals surface area (Å²) in [5.41, 5.74) is -1.97. The molecular weight excluding hydrogens is 351 g/mol. The first kappa shape index (κ1) is 17.4. The number of nitriles is 1. The number of nitrogens with one attached hydrogen (secondary N) is 1. The number of rotatable bonds is 2. The Hall–Kier alpha value is -1.98. The van der Waals surface area contributed by atoms with Crippen molar-refractivity contribution in [2.24, 2.45) is 0 Å². The molecule has 0 saturated heterocycles. The van der Waals surface area contributed by atoms with E-state index in [1.807, 2.05) is 0 Å². The average molecular weight is 360 g/mol. The third kappa shape index (κ3) is 3.21. The van der Waals surface area contributed by atoms with Crippen molar-refractivity contribution in [3.63, 3.8) is 0 Å². The normalized spacial score (nSPS) is 11.3. The van der Waals surface area contributed by atoms with Crippen molar-refractivity contribution in [1.82, 2.24) is 9.97 Å². The van der Waals surface area contributed by atoms with E-state index < -0.39 is 17.3 Å². The van der Waals surface area contributed by atoms with Crippen LogP contribution in [0.5, 0.6) is 0 Å². The summed E-state index contributed by atoms with van der Waals surface area (Å²) in [4.78, 5) is 18.4. The van der Waals surface area contributed by atoms with Crippen LogP contribution >= 0.6 is 23.4 Å². The molecule has 9 heteroatoms. The maximum Gasteiger partial charge on any atom is 0.416 e. The van der Waals surface area contributed by atoms with Gasteiger partial charge in [-0.2, -0.15) is 18.4 Å². The van der Waals surface area contributed by atoms with Crippen LogP contribution in [0.25, 0.3) is 11.3 Å². The molecule has 1 aromatic heterocycles. The monoisotopic (exact) mass is 359 g/mol. The van der Waals surface area contributed by atoms with Crippen LogP contribution in [0.4, 0.5) is 13.2 Å². The second-order valence-corrected chi connectivity index (χ2v) is 5.68. The minimum Gasteiger partial charge on any atom is -0.300 e. The highest BCUT2D eigenvalue weighted by molar-refractivity contribution is 7.98. The molecule has 0 unspecified atom stereocenters. The standard InChI is InChI=1S/C14H9ClF3N3OS/c1-6-9(14(16,17)18)4-3-7(10(6)15)11-8(5-19)12(22)21-13(20-11)23-2/h3-4H,1-2H3,(H,20,21,22). The minimum absolute atomic E-state index is 0.0394. The second kappa shape index (κ2) is 6.26. The molecule has 0 amide bonds. The van der Waals surface area contributed by atoms with Gasteiger partial charge in [-0.25, -0.2) is 4.98 Å². The molecule has 0 aliphatic carbocycles. The van der Waals surface area contributed by atoms with Crippen molar-refractivity contribution < 1.29 is 13.2 Å². The Bertz CT molecular complexity index is 871. The average Bonchev–Trinajstić information content (AvgIpc) is 2.47. The first-order valence-corrected chi connectivity index (χ1v) is 7.76. The molecule has 4 nitrogen and oxygen atoms in total. The van der Waals surface area contributed by atoms with Crippen LogP contribution in [0.3, 0.4) is 0 Å². The van der Waals surface area contributed by atoms with Gasteiger partial charge in [0.15, 0.2) is 5.16 Å². The summed E-state index contributed by atoms with van der Waals surface area (Å²) in [7, 11) is 0. The lowest BCUT2D eigenvalue weighted by molar-refractivity contribution is -0.138. The highest BCUT2D eigenvalue weighted by atomic mass is 35.5. The Morgan fingerprint density at radius 2 is 2.04 bits per heavy atom. The van der Waals surface area contributed by atoms with E-state index in [1.54, 1.807) is 12.3 Å². The molecule has 0 aliphatic heterocycles. The molecule has 0 saturated carbocycles. The molecule has 0 spiro atoms. The third-order valence-electron chi connectivity index (χ3n) is 3.15. The summed E-state index contributed by atoms with van der Waals surface area (Å²) in [5, 5.41) is 9.17. The first-order chi connectivity index (χ1) is 10.7. The number of benzene rings is 1. The Labute approximate surface area is 138 Å². The summed E-state index contributed by atoms with van der Waals surface area (Å²) >= 11 is 7.18. The number of aromatic amines is 1. The fourth-order valence-corrected chi connectivity index (χ4v) is 2.65. The fourth-order valence-electron chi connectivity index (χ4n) is 2.02. The number of hydrogen-bond donors (Lipinski definition) is 1. The van der Waals surface area contributed by atoms with E-state index in [0.717, 1.165) is 23.9 Å². The quantitative estimate of drug-likeness (QED) is 0.649. The molecule has 0 bridgehead atoms. The van der Waals surface area contributed by atoms with Gasteiger partial charge in [0.25, 0.3) is 5.56 Å². The highest BCUT2D eigenvalue weighted by Gasteiger charge is 2.34. The van der Waals surface area contributed by atoms with Crippen LogP contribution in [0.15, 0.2) is 22.1 Å². The van der Waals surface area contributed by atoms with Gasteiger partial charge in [0.1, 0.15) is 11.6 Å². The SMILES string of the molecule is CSc1nc(-c2ccc(C(F)(F)F)c(C)c2Cl)c(C#N)c(=O)[nH]1. The highest BCUT2D eigenvalue weighted by Crippen LogP contribution is 2.39. The summed E-state index contributed by atoms with van der Waals surface area (Å²) in [6.07, 6.45) is -2.88. The summed E-state index contributed by atoms with van der Waals surface area (Å²) in [5.74, 6) is 0. The predicted molar refractivity (Wildman–Crippen MR) is 81.5 cm³/mol. The van der Waals surface area contributed by atoms with Gasteiger partial charge in [0.05, 0.1) is 16.3 Å². The lowest BCUT2D eigenvalue weighted by atomic mass is 10.0. The Morgan fingerprint density at radius 1 is 1.39 bits per heavy atom. The van der Waals surface area contributed by atoms with Gasteiger partial charge >= 0.3 is 6.18 Å². The van der Waals surface area contributed by atoms with Crippen LogP contribution in [-0.4, -0.2) is 16.2 Å². The number of aromatic nitrogens is 2. The minimum atomic E-state index is -4.55. The van der Waals surface area contributed by atoms with E-state index >= 15 is 0 Å². The number of halogens is 4. The van der Waals surface area contributed by atoms with E-state index in [9.17, 15) is 18.0 Å². The first-order valence-electron chi connectivity index (χ1n) is 6.15. The maximum absolute atomic E-state index is 12.9. The van der Waals surface area contributed by atoms with Gasteiger partial charge < -0.3 is 4.98 Å². The Balaban J connectivity index is 2.79. The number of thioether (sulfide) groups is 1. The Kier molecular flexibility index (Phi) is 4.73. The lowest BCUT2D eigenvalue weighted by Gasteiger charge is -2.14. The van der Waals surface area contributed by atoms with E-state index in [-0.39, 0.29) is 32.6 Å². The van der Waals surface area contributed by atoms with Crippen molar-refractivity contribution in [1.29, 1.82) is 5.26 Å². The fraction of sp³-hybridized carbons (Fsp3) is 0.214. The van der Waals surface area contributed by atoms with Crippen molar-refractivity contribution >= 4 is 23.4 Å². The van der Waals surface area contributed by atoms with Crippen LogP contribution in [0.1, 0.15) is 16.7 Å². The molecule has 0 radical (unpaired) electrons. The van der Waals surface area contributed by atoms with E-state index in [0.29, 0.717) is 0 Å². The van der Waals surface area contributed by atoms with Crippen molar-refractivity contribution in [3.05, 3.63) is 44.2 Å². The largest absolute Gasteiger partial charge is 0.416 e. The topological polar surface area (TPSA) is 69.5 Å². The van der Waals surface area contributed by atoms with Crippen LogP contribution in [-0.2, 0) is 6.18 Å². The molecule has 0 aliphatic rings. The summed E-state index contributed by atoms with van der Waals surface area (Å²) < 4.78 is 38.7.